The summed E-state index contributed by atoms with van der Waals surface area (Å²) < 4.78 is 4.49. The second kappa shape index (κ2) is 6.40. The first kappa shape index (κ1) is 10.7. The van der Waals surface area contributed by atoms with Crippen LogP contribution in [0.25, 0.3) is 0 Å². The van der Waals surface area contributed by atoms with Crippen molar-refractivity contribution >= 4 is 21.9 Å². The number of carbonyl (C=O) groups excluding carboxylic acids is 1. The van der Waals surface area contributed by atoms with Crippen molar-refractivity contribution < 1.29 is 9.53 Å². The lowest BCUT2D eigenvalue weighted by Crippen LogP contribution is -1.98. The van der Waals surface area contributed by atoms with Crippen molar-refractivity contribution in [3.05, 3.63) is 11.6 Å². The van der Waals surface area contributed by atoms with E-state index in [1.165, 1.54) is 12.7 Å². The molecular weight excluding hydrogens is 208 g/mol. The van der Waals surface area contributed by atoms with Gasteiger partial charge in [-0.15, -0.1) is 0 Å². The van der Waals surface area contributed by atoms with Crippen LogP contribution in [0.4, 0.5) is 0 Å². The van der Waals surface area contributed by atoms with Gasteiger partial charge in [0.1, 0.15) is 0 Å². The molecule has 64 valence electrons. The van der Waals surface area contributed by atoms with Crippen LogP contribution in [-0.4, -0.2) is 18.4 Å². The fraction of sp³-hybridized carbons (Fsp3) is 0.625. The van der Waals surface area contributed by atoms with E-state index in [-0.39, 0.29) is 5.97 Å². The molecule has 0 N–H and O–H groups in total. The number of allylic oxidation sites excluding steroid dienone is 2. The van der Waals surface area contributed by atoms with Crippen LogP contribution in [0.15, 0.2) is 11.6 Å². The number of halogens is 1. The van der Waals surface area contributed by atoms with E-state index in [1.54, 1.807) is 0 Å². The molecule has 0 spiro atoms. The van der Waals surface area contributed by atoms with Gasteiger partial charge in [-0.05, 0) is 13.3 Å². The van der Waals surface area contributed by atoms with Crippen LogP contribution in [-0.2, 0) is 9.53 Å². The molecule has 0 bridgehead atoms. The number of hydrogen-bond acceptors (Lipinski definition) is 2. The van der Waals surface area contributed by atoms with Gasteiger partial charge in [-0.25, -0.2) is 0 Å². The zero-order chi connectivity index (χ0) is 8.69. The molecule has 0 atom stereocenters. The SMILES string of the molecule is COC(=O)CCC=C(C)CBr. The van der Waals surface area contributed by atoms with Crippen molar-refractivity contribution in [2.75, 3.05) is 12.4 Å². The van der Waals surface area contributed by atoms with E-state index in [0.717, 1.165) is 11.8 Å². The predicted molar refractivity (Wildman–Crippen MR) is 48.8 cm³/mol. The van der Waals surface area contributed by atoms with Crippen LogP contribution in [0.1, 0.15) is 19.8 Å². The van der Waals surface area contributed by atoms with Gasteiger partial charge in [0, 0.05) is 11.8 Å². The molecule has 0 amide bonds. The molecule has 0 aliphatic carbocycles. The number of rotatable bonds is 4. The normalized spacial score (nSPS) is 11.4. The first-order chi connectivity index (χ1) is 5.20. The highest BCUT2D eigenvalue weighted by Crippen LogP contribution is 2.01. The molecule has 0 saturated carbocycles. The fourth-order valence-corrected chi connectivity index (χ4v) is 0.822. The molecule has 0 rings (SSSR count). The smallest absolute Gasteiger partial charge is 0.305 e. The Kier molecular flexibility index (Phi) is 6.22. The van der Waals surface area contributed by atoms with Gasteiger partial charge in [0.15, 0.2) is 0 Å². The Bertz CT molecular complexity index is 152. The maximum Gasteiger partial charge on any atom is 0.305 e. The third kappa shape index (κ3) is 6.10. The number of methoxy groups -OCH3 is 1. The minimum Gasteiger partial charge on any atom is -0.469 e. The quantitative estimate of drug-likeness (QED) is 0.413. The monoisotopic (exact) mass is 220 g/mol. The predicted octanol–water partition coefficient (Wildman–Crippen LogP) is 2.28. The van der Waals surface area contributed by atoms with Gasteiger partial charge < -0.3 is 4.74 Å². The van der Waals surface area contributed by atoms with Gasteiger partial charge in [0.05, 0.1) is 7.11 Å². The lowest BCUT2D eigenvalue weighted by molar-refractivity contribution is -0.140. The van der Waals surface area contributed by atoms with E-state index < -0.39 is 0 Å². The van der Waals surface area contributed by atoms with Crippen molar-refractivity contribution in [3.63, 3.8) is 0 Å². The highest BCUT2D eigenvalue weighted by molar-refractivity contribution is 9.09. The summed E-state index contributed by atoms with van der Waals surface area (Å²) in [6.45, 7) is 2.02. The third-order valence-electron chi connectivity index (χ3n) is 1.28. The van der Waals surface area contributed by atoms with Gasteiger partial charge in [-0.2, -0.15) is 0 Å². The van der Waals surface area contributed by atoms with E-state index in [2.05, 4.69) is 20.7 Å². The molecule has 11 heavy (non-hydrogen) atoms. The summed E-state index contributed by atoms with van der Waals surface area (Å²) in [5.41, 5.74) is 1.24. The summed E-state index contributed by atoms with van der Waals surface area (Å²) in [7, 11) is 1.41. The number of hydrogen-bond donors (Lipinski definition) is 0. The number of carbonyl (C=O) groups is 1. The molecule has 0 aromatic rings. The molecule has 0 aliphatic heterocycles. The zero-order valence-corrected chi connectivity index (χ0v) is 8.48. The second-order valence-corrected chi connectivity index (χ2v) is 2.86. The highest BCUT2D eigenvalue weighted by Gasteiger charge is 1.96. The number of alkyl halides is 1. The Morgan fingerprint density at radius 1 is 1.64 bits per heavy atom. The Labute approximate surface area is 75.7 Å². The minimum absolute atomic E-state index is 0.149. The topological polar surface area (TPSA) is 26.3 Å². The van der Waals surface area contributed by atoms with Gasteiger partial charge in [0.25, 0.3) is 0 Å². The van der Waals surface area contributed by atoms with Crippen molar-refractivity contribution in [2.24, 2.45) is 0 Å². The molecule has 3 heteroatoms. The summed E-state index contributed by atoms with van der Waals surface area (Å²) in [4.78, 5) is 10.6. The maximum absolute atomic E-state index is 10.6. The van der Waals surface area contributed by atoms with Crippen LogP contribution >= 0.6 is 15.9 Å². The van der Waals surface area contributed by atoms with Crippen LogP contribution in [0.2, 0.25) is 0 Å². The standard InChI is InChI=1S/C8H13BrO2/c1-7(6-9)4-3-5-8(10)11-2/h4H,3,5-6H2,1-2H3. The summed E-state index contributed by atoms with van der Waals surface area (Å²) in [6.07, 6.45) is 3.27. The van der Waals surface area contributed by atoms with Crippen LogP contribution in [0.5, 0.6) is 0 Å². The summed E-state index contributed by atoms with van der Waals surface area (Å²) in [5, 5.41) is 0.869. The summed E-state index contributed by atoms with van der Waals surface area (Å²) in [6, 6.07) is 0. The lowest BCUT2D eigenvalue weighted by Gasteiger charge is -1.95. The first-order valence-electron chi connectivity index (χ1n) is 3.49. The Morgan fingerprint density at radius 2 is 2.27 bits per heavy atom. The molecule has 0 aromatic carbocycles. The van der Waals surface area contributed by atoms with Crippen molar-refractivity contribution in [3.8, 4) is 0 Å². The van der Waals surface area contributed by atoms with Gasteiger partial charge in [0.2, 0.25) is 0 Å². The molecule has 0 aromatic heterocycles. The van der Waals surface area contributed by atoms with Gasteiger partial charge in [-0.3, -0.25) is 4.79 Å². The van der Waals surface area contributed by atoms with Crippen LogP contribution < -0.4 is 0 Å². The molecule has 2 nitrogen and oxygen atoms in total. The zero-order valence-electron chi connectivity index (χ0n) is 6.89. The van der Waals surface area contributed by atoms with E-state index in [0.29, 0.717) is 6.42 Å². The lowest BCUT2D eigenvalue weighted by atomic mass is 10.2. The highest BCUT2D eigenvalue weighted by atomic mass is 79.9. The van der Waals surface area contributed by atoms with Crippen molar-refractivity contribution in [1.29, 1.82) is 0 Å². The van der Waals surface area contributed by atoms with E-state index >= 15 is 0 Å². The average molecular weight is 221 g/mol. The van der Waals surface area contributed by atoms with Crippen LogP contribution in [0, 0.1) is 0 Å². The summed E-state index contributed by atoms with van der Waals surface area (Å²) >= 11 is 3.31. The molecule has 0 fully saturated rings. The number of esters is 1. The van der Waals surface area contributed by atoms with E-state index in [1.807, 2.05) is 13.0 Å². The van der Waals surface area contributed by atoms with E-state index in [4.69, 9.17) is 0 Å². The van der Waals surface area contributed by atoms with Crippen LogP contribution in [0.3, 0.4) is 0 Å². The van der Waals surface area contributed by atoms with Gasteiger partial charge in [-0.1, -0.05) is 27.6 Å². The van der Waals surface area contributed by atoms with E-state index in [9.17, 15) is 4.79 Å². The second-order valence-electron chi connectivity index (χ2n) is 2.30. The van der Waals surface area contributed by atoms with Gasteiger partial charge >= 0.3 is 5.97 Å². The fourth-order valence-electron chi connectivity index (χ4n) is 0.593. The third-order valence-corrected chi connectivity index (χ3v) is 2.16. The van der Waals surface area contributed by atoms with Crippen molar-refractivity contribution in [2.45, 2.75) is 19.8 Å². The molecular formula is C8H13BrO2. The first-order valence-corrected chi connectivity index (χ1v) is 4.61. The average Bonchev–Trinajstić information content (AvgIpc) is 2.04. The Hall–Kier alpha value is -0.310. The molecule has 0 radical (unpaired) electrons. The molecule has 0 aliphatic rings. The Morgan fingerprint density at radius 3 is 2.73 bits per heavy atom. The summed E-state index contributed by atoms with van der Waals surface area (Å²) in [5.74, 6) is -0.149. The maximum atomic E-state index is 10.6. The molecule has 0 heterocycles. The van der Waals surface area contributed by atoms with Crippen molar-refractivity contribution in [1.82, 2.24) is 0 Å². The Balaban J connectivity index is 3.48. The number of ether oxygens (including phenoxy) is 1. The molecule has 0 unspecified atom stereocenters. The minimum atomic E-state index is -0.149. The largest absolute Gasteiger partial charge is 0.469 e. The molecule has 0 saturated heterocycles.